The number of aromatic nitrogens is 4. The summed E-state index contributed by atoms with van der Waals surface area (Å²) >= 11 is 0. The van der Waals surface area contributed by atoms with Crippen molar-refractivity contribution in [3.8, 4) is 0 Å². The first-order chi connectivity index (χ1) is 27.6. The number of rotatable bonds is 9. The molecule has 4 aliphatic rings. The number of aromatic amines is 2. The highest BCUT2D eigenvalue weighted by molar-refractivity contribution is 7.90. The third-order valence-corrected chi connectivity index (χ3v) is 14.1. The van der Waals surface area contributed by atoms with Gasteiger partial charge >= 0.3 is 12.2 Å². The third kappa shape index (κ3) is 8.93. The summed E-state index contributed by atoms with van der Waals surface area (Å²) in [6.45, 7) is 4.49. The fourth-order valence-corrected chi connectivity index (χ4v) is 10.4. The van der Waals surface area contributed by atoms with Crippen LogP contribution in [0.4, 0.5) is 32.6 Å². The van der Waals surface area contributed by atoms with E-state index in [0.717, 1.165) is 61.0 Å². The van der Waals surface area contributed by atoms with Gasteiger partial charge in [-0.05, 0) is 75.6 Å². The van der Waals surface area contributed by atoms with Crippen molar-refractivity contribution in [3.05, 3.63) is 71.0 Å². The van der Waals surface area contributed by atoms with Crippen molar-refractivity contribution in [2.45, 2.75) is 105 Å². The zero-order chi connectivity index (χ0) is 41.4. The van der Waals surface area contributed by atoms with Crippen molar-refractivity contribution in [3.63, 3.8) is 0 Å². The maximum absolute atomic E-state index is 12.3. The van der Waals surface area contributed by atoms with E-state index in [9.17, 15) is 26.4 Å². The molecule has 4 aromatic rings. The highest BCUT2D eigenvalue weighted by atomic mass is 32.2. The molecule has 8 rings (SSSR count). The van der Waals surface area contributed by atoms with Gasteiger partial charge in [-0.15, -0.1) is 0 Å². The molecule has 2 aromatic heterocycles. The topological polar surface area (TPSA) is 233 Å². The standard InChI is InChI=1S/C20H27N5O4S.C18H23N5O4S/c1-12(2)25(3)20(26)29-15-8-7-13(9-15)17-10-18(24-23-17)22-16-6-4-5-14-11-21-30(27,28)19(14)16;1-23(2)18(24)27-13-7-6-11(8-13)15-9-16(22-21-15)20-14-5-3-4-12-10-19-28(25,26)17(12)14/h4-6,10,12-13,15,21H,7-9,11H2,1-3H3,(H2,22,23,24);3-5,9,11,13,19H,6-8,10H2,1-2H3,(H2,20,21,22)/t13-,15+;11-,13+/m00/s1. The highest BCUT2D eigenvalue weighted by Crippen LogP contribution is 2.39. The maximum Gasteiger partial charge on any atom is 0.410 e. The number of amides is 2. The zero-order valence-corrected chi connectivity index (χ0v) is 34.7. The Kier molecular flexibility index (Phi) is 11.7. The van der Waals surface area contributed by atoms with E-state index in [0.29, 0.717) is 36.1 Å². The number of ether oxygens (including phenoxy) is 2. The molecule has 58 heavy (non-hydrogen) atoms. The average molecular weight is 839 g/mol. The van der Waals surface area contributed by atoms with Crippen LogP contribution in [0.25, 0.3) is 0 Å². The summed E-state index contributed by atoms with van der Waals surface area (Å²) in [5, 5.41) is 20.9. The number of sulfonamides is 2. The number of hydrogen-bond donors (Lipinski definition) is 6. The molecule has 4 atom stereocenters. The van der Waals surface area contributed by atoms with Gasteiger partial charge in [0.2, 0.25) is 20.0 Å². The molecule has 4 heterocycles. The molecular weight excluding hydrogens is 789 g/mol. The normalized spacial score (nSPS) is 22.4. The van der Waals surface area contributed by atoms with E-state index in [-0.39, 0.29) is 52.1 Å². The summed E-state index contributed by atoms with van der Waals surface area (Å²) in [5.74, 6) is 1.54. The number of nitrogens with one attached hydrogen (secondary N) is 6. The molecular formula is C38H50N10O8S2. The number of hydrogen-bond acceptors (Lipinski definition) is 12. The van der Waals surface area contributed by atoms with Crippen LogP contribution in [0.15, 0.2) is 58.3 Å². The van der Waals surface area contributed by atoms with Crippen LogP contribution >= 0.6 is 0 Å². The number of benzene rings is 2. The van der Waals surface area contributed by atoms with Crippen molar-refractivity contribution in [1.82, 2.24) is 39.6 Å². The fourth-order valence-electron chi connectivity index (χ4n) is 7.61. The molecule has 2 fully saturated rings. The molecule has 2 aromatic carbocycles. The van der Waals surface area contributed by atoms with Crippen LogP contribution in [0, 0.1) is 0 Å². The van der Waals surface area contributed by atoms with E-state index in [1.807, 2.05) is 38.1 Å². The van der Waals surface area contributed by atoms with E-state index in [4.69, 9.17) is 9.47 Å². The average Bonchev–Trinajstić information content (AvgIpc) is 4.04. The monoisotopic (exact) mass is 838 g/mol. The largest absolute Gasteiger partial charge is 0.446 e. The Hall–Kier alpha value is -5.18. The molecule has 0 spiro atoms. The Balaban J connectivity index is 0.000000177. The molecule has 0 bridgehead atoms. The predicted molar refractivity (Wildman–Crippen MR) is 215 cm³/mol. The van der Waals surface area contributed by atoms with E-state index in [1.165, 1.54) is 4.90 Å². The second kappa shape index (κ2) is 16.6. The first-order valence-corrected chi connectivity index (χ1v) is 22.2. The first kappa shape index (κ1) is 41.0. The minimum absolute atomic E-state index is 0.0920. The number of H-pyrrole nitrogens is 2. The molecule has 2 aliphatic heterocycles. The number of carbonyl (C=O) groups is 2. The third-order valence-electron chi connectivity index (χ3n) is 11.0. The Morgan fingerprint density at radius 3 is 1.59 bits per heavy atom. The quantitative estimate of drug-likeness (QED) is 0.126. The van der Waals surface area contributed by atoms with Gasteiger partial charge in [-0.25, -0.2) is 35.9 Å². The summed E-state index contributed by atoms with van der Waals surface area (Å²) in [6, 6.07) is 14.6. The summed E-state index contributed by atoms with van der Waals surface area (Å²) in [5.41, 5.74) is 4.38. The van der Waals surface area contributed by atoms with Gasteiger partial charge in [0.1, 0.15) is 22.0 Å². The van der Waals surface area contributed by atoms with Gasteiger partial charge in [0.05, 0.1) is 11.4 Å². The highest BCUT2D eigenvalue weighted by Gasteiger charge is 2.34. The summed E-state index contributed by atoms with van der Waals surface area (Å²) < 4.78 is 65.1. The second-order valence-electron chi connectivity index (χ2n) is 15.5. The number of fused-ring (bicyclic) bond motifs is 2. The second-order valence-corrected chi connectivity index (χ2v) is 18.9. The number of anilines is 4. The summed E-state index contributed by atoms with van der Waals surface area (Å²) in [6.07, 6.45) is 4.03. The van der Waals surface area contributed by atoms with Gasteiger partial charge in [0.25, 0.3) is 0 Å². The van der Waals surface area contributed by atoms with Crippen LogP contribution < -0.4 is 20.1 Å². The molecule has 6 N–H and O–H groups in total. The Morgan fingerprint density at radius 2 is 1.16 bits per heavy atom. The van der Waals surface area contributed by atoms with Crippen LogP contribution in [-0.2, 0) is 42.6 Å². The van der Waals surface area contributed by atoms with Crippen molar-refractivity contribution >= 4 is 55.2 Å². The molecule has 2 amide bonds. The van der Waals surface area contributed by atoms with Crippen molar-refractivity contribution in [2.75, 3.05) is 31.8 Å². The maximum atomic E-state index is 12.3. The summed E-state index contributed by atoms with van der Waals surface area (Å²) in [4.78, 5) is 27.4. The van der Waals surface area contributed by atoms with Gasteiger partial charge < -0.3 is 29.9 Å². The van der Waals surface area contributed by atoms with E-state index >= 15 is 0 Å². The van der Waals surface area contributed by atoms with Gasteiger partial charge in [0, 0.05) is 75.6 Å². The van der Waals surface area contributed by atoms with Crippen LogP contribution in [0.5, 0.6) is 0 Å². The minimum Gasteiger partial charge on any atom is -0.446 e. The minimum atomic E-state index is -3.50. The van der Waals surface area contributed by atoms with Crippen LogP contribution in [0.2, 0.25) is 0 Å². The predicted octanol–water partition coefficient (Wildman–Crippen LogP) is 5.34. The lowest BCUT2D eigenvalue weighted by Gasteiger charge is -2.23. The SMILES string of the molecule is CC(C)N(C)C(=O)O[C@@H]1CC[C@H](c2cc(Nc3cccc4c3S(=O)(=O)NC4)n[nH]2)C1.CN(C)C(=O)O[C@@H]1CC[C@H](c2cc(Nc3cccc4c3S(=O)(=O)NC4)n[nH]2)C1. The lowest BCUT2D eigenvalue weighted by Crippen LogP contribution is -2.35. The van der Waals surface area contributed by atoms with Crippen molar-refractivity contribution in [2.24, 2.45) is 0 Å². The van der Waals surface area contributed by atoms with E-state index in [2.05, 4.69) is 40.5 Å². The molecule has 18 nitrogen and oxygen atoms in total. The first-order valence-electron chi connectivity index (χ1n) is 19.3. The lowest BCUT2D eigenvalue weighted by molar-refractivity contribution is 0.0645. The Bertz CT molecular complexity index is 2380. The molecule has 20 heteroatoms. The Labute approximate surface area is 337 Å². The summed E-state index contributed by atoms with van der Waals surface area (Å²) in [7, 11) is -1.93. The number of nitrogens with zero attached hydrogens (tertiary/aromatic N) is 4. The molecule has 312 valence electrons. The van der Waals surface area contributed by atoms with Crippen molar-refractivity contribution < 1.29 is 35.9 Å². The van der Waals surface area contributed by atoms with Crippen LogP contribution in [0.1, 0.15) is 86.7 Å². The Morgan fingerprint density at radius 1 is 0.707 bits per heavy atom. The van der Waals surface area contributed by atoms with Crippen LogP contribution in [0.3, 0.4) is 0 Å². The van der Waals surface area contributed by atoms with Gasteiger partial charge in [-0.3, -0.25) is 10.2 Å². The molecule has 2 saturated carbocycles. The fraction of sp³-hybridized carbons (Fsp3) is 0.474. The molecule has 0 saturated heterocycles. The van der Waals surface area contributed by atoms with E-state index < -0.39 is 20.0 Å². The molecule has 0 unspecified atom stereocenters. The smallest absolute Gasteiger partial charge is 0.410 e. The zero-order valence-electron chi connectivity index (χ0n) is 33.0. The van der Waals surface area contributed by atoms with Gasteiger partial charge in [-0.2, -0.15) is 10.2 Å². The molecule has 0 radical (unpaired) electrons. The van der Waals surface area contributed by atoms with Crippen LogP contribution in [-0.4, -0.2) is 98.6 Å². The van der Waals surface area contributed by atoms with Gasteiger partial charge in [0.15, 0.2) is 11.6 Å². The number of carbonyl (C=O) groups excluding carboxylic acids is 2. The van der Waals surface area contributed by atoms with Gasteiger partial charge in [-0.1, -0.05) is 24.3 Å². The lowest BCUT2D eigenvalue weighted by atomic mass is 10.0. The molecule has 2 aliphatic carbocycles. The van der Waals surface area contributed by atoms with Crippen molar-refractivity contribution in [1.29, 1.82) is 0 Å². The van der Waals surface area contributed by atoms with E-state index in [1.54, 1.807) is 50.3 Å².